The third-order valence-electron chi connectivity index (χ3n) is 3.78. The zero-order valence-electron chi connectivity index (χ0n) is 15.8. The zero-order chi connectivity index (χ0) is 19.9. The fourth-order valence-electron chi connectivity index (χ4n) is 2.18. The van der Waals surface area contributed by atoms with Crippen LogP contribution in [0.4, 0.5) is 5.69 Å². The van der Waals surface area contributed by atoms with Gasteiger partial charge in [0.1, 0.15) is 6.04 Å². The van der Waals surface area contributed by atoms with Crippen molar-refractivity contribution in [2.45, 2.75) is 45.1 Å². The summed E-state index contributed by atoms with van der Waals surface area (Å²) in [7, 11) is 1.25. The number of methoxy groups -OCH3 is 1. The normalized spacial score (nSPS) is 12.1. The van der Waals surface area contributed by atoms with Gasteiger partial charge in [0.25, 0.3) is 11.6 Å². The monoisotopic (exact) mass is 382 g/mol. The molecule has 7 nitrogen and oxygen atoms in total. The molecule has 0 fully saturated rings. The Balaban J connectivity index is 2.99. The minimum absolute atomic E-state index is 0.106. The summed E-state index contributed by atoms with van der Waals surface area (Å²) >= 11 is 1.40. The highest BCUT2D eigenvalue weighted by atomic mass is 32.2. The van der Waals surface area contributed by atoms with E-state index in [0.717, 1.165) is 12.2 Å². The summed E-state index contributed by atoms with van der Waals surface area (Å²) < 4.78 is 4.69. The standard InChI is InChI=1S/C18H26N2O5S/c1-11(2)8-9-26-15-7-6-13(10-14(15)20(23)24)17(21)19-16(12(3)4)18(22)25-5/h6-7,10-12,16H,8-9H2,1-5H3,(H,19,21)/t16-/m0/s1. The first-order valence-electron chi connectivity index (χ1n) is 8.47. The van der Waals surface area contributed by atoms with Crippen LogP contribution in [0.25, 0.3) is 0 Å². The first-order valence-corrected chi connectivity index (χ1v) is 9.45. The Morgan fingerprint density at radius 2 is 1.92 bits per heavy atom. The SMILES string of the molecule is COC(=O)[C@@H](NC(=O)c1ccc(SCCC(C)C)c([N+](=O)[O-])c1)C(C)C. The maximum Gasteiger partial charge on any atom is 0.328 e. The second-order valence-electron chi connectivity index (χ2n) is 6.69. The molecule has 0 bridgehead atoms. The predicted molar refractivity (Wildman–Crippen MR) is 101 cm³/mol. The number of carbonyl (C=O) groups is 2. The van der Waals surface area contributed by atoms with E-state index in [9.17, 15) is 19.7 Å². The van der Waals surface area contributed by atoms with Crippen molar-refractivity contribution in [3.05, 3.63) is 33.9 Å². The molecule has 144 valence electrons. The molecule has 1 aromatic rings. The van der Waals surface area contributed by atoms with Gasteiger partial charge in [-0.25, -0.2) is 4.79 Å². The van der Waals surface area contributed by atoms with E-state index >= 15 is 0 Å². The molecule has 0 spiro atoms. The lowest BCUT2D eigenvalue weighted by Gasteiger charge is -2.19. The smallest absolute Gasteiger partial charge is 0.328 e. The minimum atomic E-state index is -0.813. The van der Waals surface area contributed by atoms with Crippen LogP contribution < -0.4 is 5.32 Å². The van der Waals surface area contributed by atoms with E-state index < -0.39 is 22.8 Å². The van der Waals surface area contributed by atoms with Crippen LogP contribution in [-0.2, 0) is 9.53 Å². The number of nitrogens with one attached hydrogen (secondary N) is 1. The maximum absolute atomic E-state index is 12.4. The molecule has 1 aromatic carbocycles. The third kappa shape index (κ3) is 6.33. The van der Waals surface area contributed by atoms with E-state index in [1.807, 2.05) is 0 Å². The number of carbonyl (C=O) groups excluding carboxylic acids is 2. The molecule has 1 N–H and O–H groups in total. The van der Waals surface area contributed by atoms with Gasteiger partial charge in [0.05, 0.1) is 16.9 Å². The lowest BCUT2D eigenvalue weighted by atomic mass is 10.0. The van der Waals surface area contributed by atoms with Gasteiger partial charge in [-0.2, -0.15) is 0 Å². The third-order valence-corrected chi connectivity index (χ3v) is 4.88. The van der Waals surface area contributed by atoms with Crippen molar-refractivity contribution in [2.75, 3.05) is 12.9 Å². The van der Waals surface area contributed by atoms with Gasteiger partial charge in [0.15, 0.2) is 0 Å². The Morgan fingerprint density at radius 1 is 1.27 bits per heavy atom. The van der Waals surface area contributed by atoms with Crippen LogP contribution in [0.15, 0.2) is 23.1 Å². The molecular formula is C18H26N2O5S. The number of benzene rings is 1. The Kier molecular flexibility index (Phi) is 8.57. The van der Waals surface area contributed by atoms with Crippen LogP contribution in [-0.4, -0.2) is 35.7 Å². The number of amides is 1. The molecule has 0 aliphatic heterocycles. The summed E-state index contributed by atoms with van der Waals surface area (Å²) in [6.45, 7) is 7.74. The molecule has 0 saturated carbocycles. The number of nitro groups is 1. The van der Waals surface area contributed by atoms with Crippen LogP contribution in [0.5, 0.6) is 0 Å². The Hall–Kier alpha value is -2.09. The van der Waals surface area contributed by atoms with Crippen molar-refractivity contribution in [1.29, 1.82) is 0 Å². The van der Waals surface area contributed by atoms with Crippen molar-refractivity contribution in [2.24, 2.45) is 11.8 Å². The highest BCUT2D eigenvalue weighted by Crippen LogP contribution is 2.31. The predicted octanol–water partition coefficient (Wildman–Crippen LogP) is 3.66. The Bertz CT molecular complexity index is 661. The summed E-state index contributed by atoms with van der Waals surface area (Å²) in [5.74, 6) is 0.00623. The molecule has 0 heterocycles. The van der Waals surface area contributed by atoms with Crippen LogP contribution >= 0.6 is 11.8 Å². The highest BCUT2D eigenvalue weighted by molar-refractivity contribution is 7.99. The van der Waals surface area contributed by atoms with Crippen LogP contribution in [0.1, 0.15) is 44.5 Å². The molecule has 0 radical (unpaired) electrons. The molecule has 0 aliphatic carbocycles. The number of rotatable bonds is 9. The summed E-state index contributed by atoms with van der Waals surface area (Å²) in [6.07, 6.45) is 0.944. The van der Waals surface area contributed by atoms with Crippen molar-refractivity contribution in [1.82, 2.24) is 5.32 Å². The summed E-state index contributed by atoms with van der Waals surface area (Å²) in [5.41, 5.74) is 0.0324. The van der Waals surface area contributed by atoms with Gasteiger partial charge in [0.2, 0.25) is 0 Å². The second-order valence-corrected chi connectivity index (χ2v) is 7.83. The van der Waals surface area contributed by atoms with E-state index in [1.165, 1.54) is 31.0 Å². The van der Waals surface area contributed by atoms with Crippen LogP contribution in [0, 0.1) is 22.0 Å². The number of hydrogen-bond donors (Lipinski definition) is 1. The zero-order valence-corrected chi connectivity index (χ0v) is 16.6. The van der Waals surface area contributed by atoms with Crippen LogP contribution in [0.3, 0.4) is 0 Å². The molecular weight excluding hydrogens is 356 g/mol. The topological polar surface area (TPSA) is 98.5 Å². The Morgan fingerprint density at radius 3 is 2.42 bits per heavy atom. The van der Waals surface area contributed by atoms with Crippen LogP contribution in [0.2, 0.25) is 0 Å². The quantitative estimate of drug-likeness (QED) is 0.303. The number of ether oxygens (including phenoxy) is 1. The number of hydrogen-bond acceptors (Lipinski definition) is 6. The molecule has 0 saturated heterocycles. The summed E-state index contributed by atoms with van der Waals surface area (Å²) in [5, 5.41) is 13.9. The van der Waals surface area contributed by atoms with Gasteiger partial charge in [0, 0.05) is 11.6 Å². The van der Waals surface area contributed by atoms with Crippen molar-refractivity contribution in [3.8, 4) is 0 Å². The lowest BCUT2D eigenvalue weighted by molar-refractivity contribution is -0.387. The molecule has 0 aliphatic rings. The van der Waals surface area contributed by atoms with Crippen molar-refractivity contribution >= 4 is 29.3 Å². The van der Waals surface area contributed by atoms with E-state index in [4.69, 9.17) is 0 Å². The van der Waals surface area contributed by atoms with E-state index in [-0.39, 0.29) is 17.2 Å². The van der Waals surface area contributed by atoms with Gasteiger partial charge < -0.3 is 10.1 Å². The van der Waals surface area contributed by atoms with Gasteiger partial charge in [-0.15, -0.1) is 11.8 Å². The number of thioether (sulfide) groups is 1. The van der Waals surface area contributed by atoms with Gasteiger partial charge in [-0.3, -0.25) is 14.9 Å². The highest BCUT2D eigenvalue weighted by Gasteiger charge is 2.26. The van der Waals surface area contributed by atoms with E-state index in [2.05, 4.69) is 23.9 Å². The molecule has 1 atom stereocenters. The molecule has 0 unspecified atom stereocenters. The maximum atomic E-state index is 12.4. The van der Waals surface area contributed by atoms with Gasteiger partial charge >= 0.3 is 5.97 Å². The average molecular weight is 382 g/mol. The largest absolute Gasteiger partial charge is 0.467 e. The number of esters is 1. The fraction of sp³-hybridized carbons (Fsp3) is 0.556. The van der Waals surface area contributed by atoms with E-state index in [0.29, 0.717) is 10.8 Å². The first kappa shape index (κ1) is 22.0. The first-order chi connectivity index (χ1) is 12.2. The van der Waals surface area contributed by atoms with Crippen molar-refractivity contribution < 1.29 is 19.2 Å². The molecule has 8 heteroatoms. The number of nitro benzene ring substituents is 1. The molecule has 0 aromatic heterocycles. The van der Waals surface area contributed by atoms with Gasteiger partial charge in [-0.1, -0.05) is 27.7 Å². The summed E-state index contributed by atoms with van der Waals surface area (Å²) in [4.78, 5) is 35.6. The Labute approximate surface area is 158 Å². The molecule has 1 amide bonds. The van der Waals surface area contributed by atoms with Crippen molar-refractivity contribution in [3.63, 3.8) is 0 Å². The van der Waals surface area contributed by atoms with E-state index in [1.54, 1.807) is 19.9 Å². The average Bonchev–Trinajstić information content (AvgIpc) is 2.58. The summed E-state index contributed by atoms with van der Waals surface area (Å²) in [6, 6.07) is 3.56. The second kappa shape index (κ2) is 10.2. The van der Waals surface area contributed by atoms with Gasteiger partial charge in [-0.05, 0) is 36.1 Å². The lowest BCUT2D eigenvalue weighted by Crippen LogP contribution is -2.45. The fourth-order valence-corrected chi connectivity index (χ4v) is 3.43. The molecule has 26 heavy (non-hydrogen) atoms. The molecule has 1 rings (SSSR count). The number of nitrogens with zero attached hydrogens (tertiary/aromatic N) is 1. The minimum Gasteiger partial charge on any atom is -0.467 e.